The zero-order valence-electron chi connectivity index (χ0n) is 16.5. The van der Waals surface area contributed by atoms with Crippen molar-refractivity contribution in [2.45, 2.75) is 57.2 Å². The quantitative estimate of drug-likeness (QED) is 0.430. The maximum absolute atomic E-state index is 14.3. The van der Waals surface area contributed by atoms with Crippen LogP contribution in [0.3, 0.4) is 0 Å². The van der Waals surface area contributed by atoms with Crippen LogP contribution >= 0.6 is 0 Å². The number of carboxylic acid groups (broad SMARTS) is 1. The normalized spacial score (nSPS) is 23.4. The van der Waals surface area contributed by atoms with E-state index in [-0.39, 0.29) is 30.5 Å². The van der Waals surface area contributed by atoms with Gasteiger partial charge in [-0.1, -0.05) is 48.6 Å². The molecule has 0 aliphatic heterocycles. The maximum Gasteiger partial charge on any atom is 0.303 e. The Kier molecular flexibility index (Phi) is 7.40. The van der Waals surface area contributed by atoms with Gasteiger partial charge in [-0.05, 0) is 54.7 Å². The smallest absolute Gasteiger partial charge is 0.303 e. The van der Waals surface area contributed by atoms with Crippen LogP contribution in [-0.2, 0) is 17.6 Å². The summed E-state index contributed by atoms with van der Waals surface area (Å²) in [5, 5.41) is 29.4. The van der Waals surface area contributed by atoms with Crippen molar-refractivity contribution in [3.63, 3.8) is 0 Å². The molecule has 0 aromatic heterocycles. The molecule has 2 aliphatic carbocycles. The molecule has 3 unspecified atom stereocenters. The number of carboxylic acids is 1. The number of aliphatic hydroxyl groups excluding tert-OH is 2. The molecule has 0 saturated heterocycles. The van der Waals surface area contributed by atoms with E-state index in [1.165, 1.54) is 11.1 Å². The molecule has 0 saturated carbocycles. The van der Waals surface area contributed by atoms with Gasteiger partial charge in [0.2, 0.25) is 0 Å². The first-order valence-electron chi connectivity index (χ1n) is 10.3. The maximum atomic E-state index is 14.3. The molecule has 3 atom stereocenters. The van der Waals surface area contributed by atoms with E-state index in [9.17, 15) is 19.4 Å². The Bertz CT molecular complexity index is 786. The molecule has 156 valence electrons. The molecule has 29 heavy (non-hydrogen) atoms. The Labute approximate surface area is 171 Å². The van der Waals surface area contributed by atoms with Gasteiger partial charge in [0.15, 0.2) is 0 Å². The average Bonchev–Trinajstić information content (AvgIpc) is 3.23. The van der Waals surface area contributed by atoms with Crippen LogP contribution in [0.4, 0.5) is 4.39 Å². The van der Waals surface area contributed by atoms with Crippen molar-refractivity contribution in [2.24, 2.45) is 11.8 Å². The van der Waals surface area contributed by atoms with Gasteiger partial charge < -0.3 is 15.3 Å². The van der Waals surface area contributed by atoms with Crippen molar-refractivity contribution in [2.75, 3.05) is 0 Å². The number of fused-ring (bicyclic) bond motifs is 1. The molecule has 4 nitrogen and oxygen atoms in total. The predicted octanol–water partition coefficient (Wildman–Crippen LogP) is 4.12. The van der Waals surface area contributed by atoms with Crippen molar-refractivity contribution < 1.29 is 24.5 Å². The second kappa shape index (κ2) is 9.99. The molecular weight excluding hydrogens is 371 g/mol. The third-order valence-electron chi connectivity index (χ3n) is 5.92. The lowest BCUT2D eigenvalue weighted by Gasteiger charge is -2.16. The molecule has 1 aromatic carbocycles. The molecular formula is C24H29FO4. The van der Waals surface area contributed by atoms with E-state index in [1.54, 1.807) is 12.2 Å². The number of aliphatic hydroxyl groups is 2. The molecule has 3 N–H and O–H groups in total. The summed E-state index contributed by atoms with van der Waals surface area (Å²) in [4.78, 5) is 10.5. The van der Waals surface area contributed by atoms with Crippen LogP contribution in [-0.4, -0.2) is 33.5 Å². The van der Waals surface area contributed by atoms with Crippen molar-refractivity contribution in [1.82, 2.24) is 0 Å². The number of allylic oxidation sites excluding steroid dienone is 3. The van der Waals surface area contributed by atoms with Gasteiger partial charge in [-0.15, -0.1) is 0 Å². The summed E-state index contributed by atoms with van der Waals surface area (Å²) in [6, 6.07) is 8.17. The van der Waals surface area contributed by atoms with Crippen LogP contribution in [0.25, 0.3) is 0 Å². The molecule has 0 fully saturated rings. The zero-order chi connectivity index (χ0) is 20.8. The fraction of sp³-hybridized carbons (Fsp3) is 0.458. The molecule has 0 bridgehead atoms. The second-order valence-corrected chi connectivity index (χ2v) is 8.02. The number of aliphatic carboxylic acids is 1. The molecule has 0 radical (unpaired) electrons. The van der Waals surface area contributed by atoms with Gasteiger partial charge >= 0.3 is 5.97 Å². The van der Waals surface area contributed by atoms with Crippen molar-refractivity contribution in [1.29, 1.82) is 0 Å². The van der Waals surface area contributed by atoms with Gasteiger partial charge in [0.1, 0.15) is 5.83 Å². The highest BCUT2D eigenvalue weighted by molar-refractivity contribution is 5.66. The second-order valence-electron chi connectivity index (χ2n) is 8.02. The topological polar surface area (TPSA) is 77.8 Å². The molecule has 1 aromatic rings. The monoisotopic (exact) mass is 400 g/mol. The summed E-state index contributed by atoms with van der Waals surface area (Å²) in [7, 11) is 0. The summed E-state index contributed by atoms with van der Waals surface area (Å²) in [6.45, 7) is 0. The molecule has 0 spiro atoms. The third kappa shape index (κ3) is 5.64. The van der Waals surface area contributed by atoms with E-state index in [2.05, 4.69) is 12.1 Å². The molecule has 0 amide bonds. The summed E-state index contributed by atoms with van der Waals surface area (Å²) in [6.07, 6.45) is 9.09. The molecule has 3 rings (SSSR count). The minimum Gasteiger partial charge on any atom is -0.481 e. The fourth-order valence-corrected chi connectivity index (χ4v) is 4.28. The lowest BCUT2D eigenvalue weighted by atomic mass is 9.93. The van der Waals surface area contributed by atoms with E-state index < -0.39 is 18.2 Å². The number of rotatable bonds is 9. The number of halogens is 1. The van der Waals surface area contributed by atoms with Crippen LogP contribution < -0.4 is 0 Å². The first-order chi connectivity index (χ1) is 14.0. The van der Waals surface area contributed by atoms with Gasteiger partial charge in [0.25, 0.3) is 0 Å². The largest absolute Gasteiger partial charge is 0.481 e. The SMILES string of the molecule is O=C(O)CCCC=CCC1C(C=CC(O)C2Cc3ccccc3C2)=C(F)CC1O. The summed E-state index contributed by atoms with van der Waals surface area (Å²) >= 11 is 0. The summed E-state index contributed by atoms with van der Waals surface area (Å²) in [5.74, 6) is -1.38. The van der Waals surface area contributed by atoms with Crippen LogP contribution in [0.1, 0.15) is 43.2 Å². The van der Waals surface area contributed by atoms with Crippen LogP contribution in [0.2, 0.25) is 0 Å². The van der Waals surface area contributed by atoms with E-state index in [4.69, 9.17) is 5.11 Å². The fourth-order valence-electron chi connectivity index (χ4n) is 4.28. The van der Waals surface area contributed by atoms with Crippen molar-refractivity contribution in [3.8, 4) is 0 Å². The van der Waals surface area contributed by atoms with Crippen LogP contribution in [0.15, 0.2) is 60.0 Å². The minimum atomic E-state index is -0.814. The number of carbonyl (C=O) groups is 1. The van der Waals surface area contributed by atoms with Crippen molar-refractivity contribution in [3.05, 3.63) is 71.1 Å². The van der Waals surface area contributed by atoms with Crippen LogP contribution in [0.5, 0.6) is 0 Å². The first-order valence-corrected chi connectivity index (χ1v) is 10.3. The summed E-state index contributed by atoms with van der Waals surface area (Å²) in [5.41, 5.74) is 2.98. The molecule has 0 heterocycles. The Morgan fingerprint density at radius 1 is 1.17 bits per heavy atom. The van der Waals surface area contributed by atoms with Crippen molar-refractivity contribution >= 4 is 5.97 Å². The highest BCUT2D eigenvalue weighted by Gasteiger charge is 2.32. The van der Waals surface area contributed by atoms with Gasteiger partial charge in [0, 0.05) is 18.8 Å². The van der Waals surface area contributed by atoms with E-state index in [0.29, 0.717) is 24.8 Å². The van der Waals surface area contributed by atoms with E-state index >= 15 is 0 Å². The standard InChI is InChI=1S/C24H29FO4/c25-21-15-23(27)20(9-3-1-2-4-10-24(28)29)19(21)11-12-22(26)18-13-16-7-5-6-8-17(16)14-18/h1,3,5-8,11-12,18,20,22-23,26-27H,2,4,9-10,13-15H2,(H,28,29). The van der Waals surface area contributed by atoms with Gasteiger partial charge in [-0.3, -0.25) is 4.79 Å². The number of hydrogen-bond donors (Lipinski definition) is 3. The minimum absolute atomic E-state index is 0.00214. The lowest BCUT2D eigenvalue weighted by Crippen LogP contribution is -2.19. The molecule has 2 aliphatic rings. The zero-order valence-corrected chi connectivity index (χ0v) is 16.5. The first kappa shape index (κ1) is 21.5. The number of benzene rings is 1. The number of unbranched alkanes of at least 4 members (excludes halogenated alkanes) is 1. The predicted molar refractivity (Wildman–Crippen MR) is 110 cm³/mol. The Balaban J connectivity index is 1.55. The third-order valence-corrected chi connectivity index (χ3v) is 5.92. The Hall–Kier alpha value is -2.24. The lowest BCUT2D eigenvalue weighted by molar-refractivity contribution is -0.137. The average molecular weight is 400 g/mol. The van der Waals surface area contributed by atoms with E-state index in [0.717, 1.165) is 12.8 Å². The van der Waals surface area contributed by atoms with E-state index in [1.807, 2.05) is 24.3 Å². The summed E-state index contributed by atoms with van der Waals surface area (Å²) < 4.78 is 14.3. The van der Waals surface area contributed by atoms with Crippen LogP contribution in [0, 0.1) is 11.8 Å². The Morgan fingerprint density at radius 3 is 2.52 bits per heavy atom. The van der Waals surface area contributed by atoms with Gasteiger partial charge in [-0.2, -0.15) is 0 Å². The Morgan fingerprint density at radius 2 is 1.86 bits per heavy atom. The van der Waals surface area contributed by atoms with Gasteiger partial charge in [-0.25, -0.2) is 4.39 Å². The molecule has 5 heteroatoms. The highest BCUT2D eigenvalue weighted by Crippen LogP contribution is 2.37. The number of hydrogen-bond acceptors (Lipinski definition) is 3. The van der Waals surface area contributed by atoms with Gasteiger partial charge in [0.05, 0.1) is 12.2 Å². The highest BCUT2D eigenvalue weighted by atomic mass is 19.1.